The minimum atomic E-state index is -0.0332. The number of benzene rings is 1. The average Bonchev–Trinajstić information content (AvgIpc) is 2.53. The molecule has 4 heteroatoms. The number of carbonyl (C=O) groups excluding carboxylic acids is 1. The minimum absolute atomic E-state index is 0. The van der Waals surface area contributed by atoms with E-state index in [1.54, 1.807) is 0 Å². The lowest BCUT2D eigenvalue weighted by atomic mass is 9.90. The number of piperidine rings is 1. The molecule has 0 aromatic heterocycles. The van der Waals surface area contributed by atoms with Crippen LogP contribution in [0.2, 0.25) is 0 Å². The van der Waals surface area contributed by atoms with Crippen LogP contribution in [0.5, 0.6) is 0 Å². The van der Waals surface area contributed by atoms with Crippen LogP contribution in [0.1, 0.15) is 37.3 Å². The summed E-state index contributed by atoms with van der Waals surface area (Å²) in [5.74, 6) is 0.951. The molecule has 1 heterocycles. The maximum absolute atomic E-state index is 12.1. The van der Waals surface area contributed by atoms with Crippen LogP contribution in [0.15, 0.2) is 24.3 Å². The zero-order valence-electron chi connectivity index (χ0n) is 13.8. The second kappa shape index (κ2) is 9.16. The molecule has 1 aliphatic heterocycles. The third-order valence-corrected chi connectivity index (χ3v) is 4.66. The molecule has 1 saturated heterocycles. The van der Waals surface area contributed by atoms with Crippen LogP contribution >= 0.6 is 12.4 Å². The lowest BCUT2D eigenvalue weighted by Crippen LogP contribution is -2.42. The first-order chi connectivity index (χ1) is 10.1. The van der Waals surface area contributed by atoms with Crippen molar-refractivity contribution in [3.05, 3.63) is 35.4 Å². The number of nitrogens with zero attached hydrogens (tertiary/aromatic N) is 1. The maximum Gasteiger partial charge on any atom is 0.226 e. The van der Waals surface area contributed by atoms with Crippen molar-refractivity contribution in [1.29, 1.82) is 0 Å². The van der Waals surface area contributed by atoms with Crippen molar-refractivity contribution in [2.24, 2.45) is 17.6 Å². The molecule has 3 nitrogen and oxygen atoms in total. The van der Waals surface area contributed by atoms with E-state index in [9.17, 15) is 4.79 Å². The molecule has 1 unspecified atom stereocenters. The summed E-state index contributed by atoms with van der Waals surface area (Å²) in [5, 5.41) is 0. The first-order valence-corrected chi connectivity index (χ1v) is 8.14. The van der Waals surface area contributed by atoms with Gasteiger partial charge in [-0.15, -0.1) is 12.4 Å². The third-order valence-electron chi connectivity index (χ3n) is 4.66. The van der Waals surface area contributed by atoms with E-state index in [1.807, 2.05) is 11.8 Å². The predicted octanol–water partition coefficient (Wildman–Crippen LogP) is 3.18. The van der Waals surface area contributed by atoms with Crippen molar-refractivity contribution in [3.63, 3.8) is 0 Å². The molecule has 0 spiro atoms. The highest BCUT2D eigenvalue weighted by Crippen LogP contribution is 2.23. The highest BCUT2D eigenvalue weighted by atomic mass is 35.5. The number of rotatable bonds is 5. The number of nitrogens with two attached hydrogens (primary N) is 1. The quantitative estimate of drug-likeness (QED) is 0.904. The van der Waals surface area contributed by atoms with Gasteiger partial charge in [-0.2, -0.15) is 0 Å². The highest BCUT2D eigenvalue weighted by molar-refractivity contribution is 5.85. The Morgan fingerprint density at radius 2 is 1.86 bits per heavy atom. The SMILES string of the molecule is Cc1ccc(CCC2CCN(C(=O)C(C)CN)CC2)cc1.Cl. The van der Waals surface area contributed by atoms with Gasteiger partial charge in [-0.1, -0.05) is 36.8 Å². The van der Waals surface area contributed by atoms with Crippen molar-refractivity contribution in [2.45, 2.75) is 39.5 Å². The van der Waals surface area contributed by atoms with E-state index in [4.69, 9.17) is 5.73 Å². The van der Waals surface area contributed by atoms with Gasteiger partial charge >= 0.3 is 0 Å². The topological polar surface area (TPSA) is 46.3 Å². The molecule has 0 saturated carbocycles. The third kappa shape index (κ3) is 5.29. The molecule has 124 valence electrons. The first kappa shape index (κ1) is 19.0. The summed E-state index contributed by atoms with van der Waals surface area (Å²) in [6.07, 6.45) is 4.65. The van der Waals surface area contributed by atoms with E-state index in [0.29, 0.717) is 6.54 Å². The lowest BCUT2D eigenvalue weighted by Gasteiger charge is -2.33. The van der Waals surface area contributed by atoms with Crippen molar-refractivity contribution >= 4 is 18.3 Å². The van der Waals surface area contributed by atoms with Gasteiger partial charge in [0.25, 0.3) is 0 Å². The zero-order valence-corrected chi connectivity index (χ0v) is 14.6. The Balaban J connectivity index is 0.00000242. The van der Waals surface area contributed by atoms with E-state index in [2.05, 4.69) is 31.2 Å². The lowest BCUT2D eigenvalue weighted by molar-refractivity contribution is -0.136. The van der Waals surface area contributed by atoms with Gasteiger partial charge < -0.3 is 10.6 Å². The molecule has 1 aliphatic rings. The molecule has 1 amide bonds. The summed E-state index contributed by atoms with van der Waals surface area (Å²) in [7, 11) is 0. The van der Waals surface area contributed by atoms with Gasteiger partial charge in [-0.25, -0.2) is 0 Å². The van der Waals surface area contributed by atoms with Gasteiger partial charge in [0.1, 0.15) is 0 Å². The fraction of sp³-hybridized carbons (Fsp3) is 0.611. The molecule has 1 fully saturated rings. The minimum Gasteiger partial charge on any atom is -0.342 e. The molecule has 1 atom stereocenters. The van der Waals surface area contributed by atoms with E-state index >= 15 is 0 Å². The Kier molecular flexibility index (Phi) is 7.91. The molecule has 1 aromatic rings. The van der Waals surface area contributed by atoms with Gasteiger partial charge in [0.15, 0.2) is 0 Å². The number of halogens is 1. The van der Waals surface area contributed by atoms with Crippen molar-refractivity contribution in [3.8, 4) is 0 Å². The maximum atomic E-state index is 12.1. The number of hydrogen-bond donors (Lipinski definition) is 1. The van der Waals surface area contributed by atoms with Crippen molar-refractivity contribution in [1.82, 2.24) is 4.90 Å². The number of carbonyl (C=O) groups is 1. The Morgan fingerprint density at radius 1 is 1.27 bits per heavy atom. The fourth-order valence-electron chi connectivity index (χ4n) is 2.98. The Hall–Kier alpha value is -1.06. The zero-order chi connectivity index (χ0) is 15.2. The largest absolute Gasteiger partial charge is 0.342 e. The van der Waals surface area contributed by atoms with Crippen molar-refractivity contribution < 1.29 is 4.79 Å². The molecule has 2 rings (SSSR count). The smallest absolute Gasteiger partial charge is 0.226 e. The van der Waals surface area contributed by atoms with E-state index in [0.717, 1.165) is 38.3 Å². The van der Waals surface area contributed by atoms with E-state index < -0.39 is 0 Å². The monoisotopic (exact) mass is 324 g/mol. The van der Waals surface area contributed by atoms with Crippen LogP contribution in [0.3, 0.4) is 0 Å². The molecule has 1 aromatic carbocycles. The number of aryl methyl sites for hydroxylation is 2. The molecular formula is C18H29ClN2O. The van der Waals surface area contributed by atoms with E-state index in [-0.39, 0.29) is 24.2 Å². The molecule has 0 bridgehead atoms. The summed E-state index contributed by atoms with van der Waals surface area (Å²) in [5.41, 5.74) is 8.33. The van der Waals surface area contributed by atoms with Crippen LogP contribution in [0.4, 0.5) is 0 Å². The normalized spacial score (nSPS) is 17.0. The summed E-state index contributed by atoms with van der Waals surface area (Å²) >= 11 is 0. The molecular weight excluding hydrogens is 296 g/mol. The van der Waals surface area contributed by atoms with Crippen LogP contribution < -0.4 is 5.73 Å². The van der Waals surface area contributed by atoms with Crippen molar-refractivity contribution in [2.75, 3.05) is 19.6 Å². The summed E-state index contributed by atoms with van der Waals surface area (Å²) in [6, 6.07) is 8.84. The number of likely N-dealkylation sites (tertiary alicyclic amines) is 1. The van der Waals surface area contributed by atoms with Gasteiger partial charge in [0, 0.05) is 25.6 Å². The van der Waals surface area contributed by atoms with Crippen LogP contribution in [0.25, 0.3) is 0 Å². The Labute approximate surface area is 140 Å². The molecule has 2 N–H and O–H groups in total. The summed E-state index contributed by atoms with van der Waals surface area (Å²) in [6.45, 7) is 6.31. The Morgan fingerprint density at radius 3 is 2.41 bits per heavy atom. The Bertz CT molecular complexity index is 453. The molecule has 0 aliphatic carbocycles. The summed E-state index contributed by atoms with van der Waals surface area (Å²) < 4.78 is 0. The standard InChI is InChI=1S/C18H28N2O.ClH/c1-14-3-5-16(6-4-14)7-8-17-9-11-20(12-10-17)18(21)15(2)13-19;/h3-6,15,17H,7-13,19H2,1-2H3;1H. The highest BCUT2D eigenvalue weighted by Gasteiger charge is 2.25. The number of amides is 1. The number of hydrogen-bond acceptors (Lipinski definition) is 2. The second-order valence-corrected chi connectivity index (χ2v) is 6.43. The second-order valence-electron chi connectivity index (χ2n) is 6.43. The van der Waals surface area contributed by atoms with Crippen LogP contribution in [-0.2, 0) is 11.2 Å². The van der Waals surface area contributed by atoms with Gasteiger partial charge in [-0.05, 0) is 44.1 Å². The predicted molar refractivity (Wildman–Crippen MR) is 94.3 cm³/mol. The fourth-order valence-corrected chi connectivity index (χ4v) is 2.98. The van der Waals surface area contributed by atoms with Gasteiger partial charge in [0.2, 0.25) is 5.91 Å². The van der Waals surface area contributed by atoms with Crippen LogP contribution in [0, 0.1) is 18.8 Å². The average molecular weight is 325 g/mol. The van der Waals surface area contributed by atoms with Gasteiger partial charge in [0.05, 0.1) is 0 Å². The molecule has 22 heavy (non-hydrogen) atoms. The van der Waals surface area contributed by atoms with Crippen LogP contribution in [-0.4, -0.2) is 30.4 Å². The van der Waals surface area contributed by atoms with E-state index in [1.165, 1.54) is 17.5 Å². The van der Waals surface area contributed by atoms with Gasteiger partial charge in [-0.3, -0.25) is 4.79 Å². The summed E-state index contributed by atoms with van der Waals surface area (Å²) in [4.78, 5) is 14.1. The first-order valence-electron chi connectivity index (χ1n) is 8.14. The molecule has 0 radical (unpaired) electrons.